The van der Waals surface area contributed by atoms with Crippen molar-refractivity contribution in [2.75, 3.05) is 0 Å². The van der Waals surface area contributed by atoms with Crippen LogP contribution in [-0.2, 0) is 17.9 Å². The van der Waals surface area contributed by atoms with Crippen molar-refractivity contribution in [1.29, 1.82) is 0 Å². The minimum absolute atomic E-state index is 0.0206. The van der Waals surface area contributed by atoms with Gasteiger partial charge in [-0.25, -0.2) is 4.98 Å². The molecule has 0 aliphatic heterocycles. The minimum Gasteiger partial charge on any atom is -0.351 e. The van der Waals surface area contributed by atoms with Gasteiger partial charge in [-0.1, -0.05) is 35.5 Å². The molecule has 1 amide bonds. The standard InChI is InChI=1S/C18H19ClN4OS/c1-3-23-16-8-9-20-11-15(16)22-18(23)25-12(2)17(24)21-10-13-4-6-14(19)7-5-13/h4-9,11-12H,3,10H2,1-2H3,(H,21,24). The van der Waals surface area contributed by atoms with Gasteiger partial charge in [-0.3, -0.25) is 9.78 Å². The summed E-state index contributed by atoms with van der Waals surface area (Å²) in [7, 11) is 0. The number of nitrogens with zero attached hydrogens (tertiary/aromatic N) is 3. The lowest BCUT2D eigenvalue weighted by Gasteiger charge is -2.12. The fourth-order valence-corrected chi connectivity index (χ4v) is 3.64. The first kappa shape index (κ1) is 17.8. The largest absolute Gasteiger partial charge is 0.351 e. The van der Waals surface area contributed by atoms with Crippen molar-refractivity contribution in [3.63, 3.8) is 0 Å². The van der Waals surface area contributed by atoms with Gasteiger partial charge >= 0.3 is 0 Å². The SMILES string of the molecule is CCn1c(SC(C)C(=O)NCc2ccc(Cl)cc2)nc2cnccc21. The molecule has 1 atom stereocenters. The third kappa shape index (κ3) is 4.14. The Morgan fingerprint density at radius 2 is 2.08 bits per heavy atom. The summed E-state index contributed by atoms with van der Waals surface area (Å²) in [6.07, 6.45) is 3.50. The molecule has 130 valence electrons. The number of rotatable bonds is 6. The molecule has 0 saturated carbocycles. The summed E-state index contributed by atoms with van der Waals surface area (Å²) in [5.41, 5.74) is 2.90. The summed E-state index contributed by atoms with van der Waals surface area (Å²) in [5.74, 6) is -0.0206. The van der Waals surface area contributed by atoms with Crippen LogP contribution in [0.25, 0.3) is 11.0 Å². The maximum absolute atomic E-state index is 12.4. The number of aryl methyl sites for hydroxylation is 1. The average molecular weight is 375 g/mol. The van der Waals surface area contributed by atoms with Gasteiger partial charge in [-0.15, -0.1) is 0 Å². The Balaban J connectivity index is 1.66. The number of nitrogens with one attached hydrogen (secondary N) is 1. The molecule has 1 N–H and O–H groups in total. The number of fused-ring (bicyclic) bond motifs is 1. The number of imidazole rings is 1. The summed E-state index contributed by atoms with van der Waals surface area (Å²) in [6.45, 7) is 5.23. The summed E-state index contributed by atoms with van der Waals surface area (Å²) < 4.78 is 2.10. The topological polar surface area (TPSA) is 59.8 Å². The average Bonchev–Trinajstić information content (AvgIpc) is 2.97. The molecule has 0 spiro atoms. The highest BCUT2D eigenvalue weighted by atomic mass is 35.5. The van der Waals surface area contributed by atoms with Crippen LogP contribution in [0.2, 0.25) is 5.02 Å². The van der Waals surface area contributed by atoms with E-state index in [0.717, 1.165) is 28.3 Å². The van der Waals surface area contributed by atoms with Gasteiger partial charge in [-0.05, 0) is 37.6 Å². The van der Waals surface area contributed by atoms with Crippen LogP contribution in [0.15, 0.2) is 47.9 Å². The summed E-state index contributed by atoms with van der Waals surface area (Å²) in [4.78, 5) is 21.1. The van der Waals surface area contributed by atoms with Crippen LogP contribution in [0.3, 0.4) is 0 Å². The van der Waals surface area contributed by atoms with Crippen molar-refractivity contribution in [1.82, 2.24) is 19.9 Å². The van der Waals surface area contributed by atoms with Gasteiger partial charge in [0.2, 0.25) is 5.91 Å². The Hall–Kier alpha value is -2.05. The van der Waals surface area contributed by atoms with E-state index in [9.17, 15) is 4.79 Å². The third-order valence-electron chi connectivity index (χ3n) is 3.86. The van der Waals surface area contributed by atoms with E-state index in [1.165, 1.54) is 11.8 Å². The molecule has 0 aliphatic rings. The van der Waals surface area contributed by atoms with E-state index in [-0.39, 0.29) is 11.2 Å². The van der Waals surface area contributed by atoms with E-state index >= 15 is 0 Å². The zero-order valence-electron chi connectivity index (χ0n) is 14.1. The van der Waals surface area contributed by atoms with Gasteiger partial charge < -0.3 is 9.88 Å². The second-order valence-electron chi connectivity index (χ2n) is 5.61. The van der Waals surface area contributed by atoms with Gasteiger partial charge in [0, 0.05) is 24.3 Å². The van der Waals surface area contributed by atoms with Gasteiger partial charge in [0.25, 0.3) is 0 Å². The molecular weight excluding hydrogens is 356 g/mol. The Labute approximate surface area is 155 Å². The molecule has 2 heterocycles. The van der Waals surface area contributed by atoms with Gasteiger partial charge in [0.15, 0.2) is 5.16 Å². The van der Waals surface area contributed by atoms with E-state index in [1.807, 2.05) is 37.3 Å². The molecule has 0 fully saturated rings. The Kier molecular flexibility index (Phi) is 5.60. The second kappa shape index (κ2) is 7.89. The number of amides is 1. The highest BCUT2D eigenvalue weighted by Gasteiger charge is 2.18. The molecular formula is C18H19ClN4OS. The molecule has 2 aromatic heterocycles. The monoisotopic (exact) mass is 374 g/mol. The van der Waals surface area contributed by atoms with Crippen LogP contribution in [0.1, 0.15) is 19.4 Å². The van der Waals surface area contributed by atoms with Crippen LogP contribution < -0.4 is 5.32 Å². The van der Waals surface area contributed by atoms with Crippen molar-refractivity contribution in [3.05, 3.63) is 53.3 Å². The molecule has 25 heavy (non-hydrogen) atoms. The maximum atomic E-state index is 12.4. The summed E-state index contributed by atoms with van der Waals surface area (Å²) >= 11 is 7.33. The predicted molar refractivity (Wildman–Crippen MR) is 102 cm³/mol. The molecule has 0 radical (unpaired) electrons. The first-order valence-corrected chi connectivity index (χ1v) is 9.33. The fourth-order valence-electron chi connectivity index (χ4n) is 2.50. The van der Waals surface area contributed by atoms with Crippen molar-refractivity contribution in [2.24, 2.45) is 0 Å². The zero-order chi connectivity index (χ0) is 17.8. The van der Waals surface area contributed by atoms with Crippen LogP contribution in [0.4, 0.5) is 0 Å². The van der Waals surface area contributed by atoms with E-state index in [4.69, 9.17) is 11.6 Å². The molecule has 0 bridgehead atoms. The van der Waals surface area contributed by atoms with Crippen LogP contribution in [-0.4, -0.2) is 25.7 Å². The number of benzene rings is 1. The van der Waals surface area contributed by atoms with Crippen LogP contribution >= 0.6 is 23.4 Å². The number of halogens is 1. The van der Waals surface area contributed by atoms with Crippen LogP contribution in [0, 0.1) is 0 Å². The number of hydrogen-bond acceptors (Lipinski definition) is 4. The van der Waals surface area contributed by atoms with Crippen molar-refractivity contribution in [2.45, 2.75) is 37.3 Å². The quantitative estimate of drug-likeness (QED) is 0.665. The first-order valence-electron chi connectivity index (χ1n) is 8.07. The molecule has 0 saturated heterocycles. The number of carbonyl (C=O) groups is 1. The number of hydrogen-bond donors (Lipinski definition) is 1. The molecule has 5 nitrogen and oxygen atoms in total. The third-order valence-corrected chi connectivity index (χ3v) is 5.21. The fraction of sp³-hybridized carbons (Fsp3) is 0.278. The van der Waals surface area contributed by atoms with Gasteiger partial charge in [-0.2, -0.15) is 0 Å². The summed E-state index contributed by atoms with van der Waals surface area (Å²) in [5, 5.41) is 4.23. The van der Waals surface area contributed by atoms with Crippen molar-refractivity contribution in [3.8, 4) is 0 Å². The van der Waals surface area contributed by atoms with E-state index in [2.05, 4.69) is 26.8 Å². The molecule has 3 rings (SSSR count). The molecule has 7 heteroatoms. The first-order chi connectivity index (χ1) is 12.1. The number of aromatic nitrogens is 3. The highest BCUT2D eigenvalue weighted by Crippen LogP contribution is 2.27. The predicted octanol–water partition coefficient (Wildman–Crippen LogP) is 3.90. The van der Waals surface area contributed by atoms with E-state index in [1.54, 1.807) is 12.4 Å². The maximum Gasteiger partial charge on any atom is 0.233 e. The van der Waals surface area contributed by atoms with Crippen molar-refractivity contribution >= 4 is 40.3 Å². The Bertz CT molecular complexity index is 878. The second-order valence-corrected chi connectivity index (χ2v) is 7.35. The van der Waals surface area contributed by atoms with Gasteiger partial charge in [0.1, 0.15) is 5.52 Å². The highest BCUT2D eigenvalue weighted by molar-refractivity contribution is 8.00. The molecule has 0 aliphatic carbocycles. The Morgan fingerprint density at radius 1 is 1.32 bits per heavy atom. The Morgan fingerprint density at radius 3 is 2.80 bits per heavy atom. The smallest absolute Gasteiger partial charge is 0.233 e. The zero-order valence-corrected chi connectivity index (χ0v) is 15.6. The molecule has 1 aromatic carbocycles. The lowest BCUT2D eigenvalue weighted by atomic mass is 10.2. The number of pyridine rings is 1. The van der Waals surface area contributed by atoms with E-state index < -0.39 is 0 Å². The lowest BCUT2D eigenvalue weighted by Crippen LogP contribution is -2.30. The number of thioether (sulfide) groups is 1. The number of carbonyl (C=O) groups excluding carboxylic acids is 1. The normalized spacial score (nSPS) is 12.3. The molecule has 3 aromatic rings. The minimum atomic E-state index is -0.248. The van der Waals surface area contributed by atoms with Crippen LogP contribution in [0.5, 0.6) is 0 Å². The van der Waals surface area contributed by atoms with Gasteiger partial charge in [0.05, 0.1) is 17.0 Å². The van der Waals surface area contributed by atoms with Crippen molar-refractivity contribution < 1.29 is 4.79 Å². The molecule has 1 unspecified atom stereocenters. The summed E-state index contributed by atoms with van der Waals surface area (Å²) in [6, 6.07) is 9.40. The lowest BCUT2D eigenvalue weighted by molar-refractivity contribution is -0.120. The van der Waals surface area contributed by atoms with E-state index in [0.29, 0.717) is 11.6 Å².